The number of nitrogens with zero attached hydrogens (tertiary/aromatic N) is 1. The van der Waals surface area contributed by atoms with Gasteiger partial charge in [-0.25, -0.2) is 0 Å². The molecule has 4 fully saturated rings. The summed E-state index contributed by atoms with van der Waals surface area (Å²) < 4.78 is 44.7. The highest BCUT2D eigenvalue weighted by atomic mass is 19.4. The zero-order chi connectivity index (χ0) is 29.7. The van der Waals surface area contributed by atoms with Gasteiger partial charge < -0.3 is 9.84 Å². The van der Waals surface area contributed by atoms with E-state index in [0.29, 0.717) is 25.7 Å². The summed E-state index contributed by atoms with van der Waals surface area (Å²) in [5.41, 5.74) is -1.53. The molecule has 5 nitrogen and oxygen atoms in total. The highest BCUT2D eigenvalue weighted by Crippen LogP contribution is 2.75. The van der Waals surface area contributed by atoms with Crippen LogP contribution >= 0.6 is 0 Å². The van der Waals surface area contributed by atoms with Gasteiger partial charge in [0.25, 0.3) is 6.29 Å². The molecule has 5 aliphatic carbocycles. The van der Waals surface area contributed by atoms with E-state index < -0.39 is 23.3 Å². The lowest BCUT2D eigenvalue weighted by Crippen LogP contribution is -2.68. The predicted molar refractivity (Wildman–Crippen MR) is 142 cm³/mol. The first-order valence-electron chi connectivity index (χ1n) is 14.9. The third kappa shape index (κ3) is 4.07. The molecule has 0 heterocycles. The van der Waals surface area contributed by atoms with E-state index in [4.69, 9.17) is 4.74 Å². The monoisotopic (exact) mass is 563 g/mol. The fourth-order valence-electron chi connectivity index (χ4n) is 10.6. The van der Waals surface area contributed by atoms with Crippen molar-refractivity contribution in [1.29, 1.82) is 5.26 Å². The van der Waals surface area contributed by atoms with Gasteiger partial charge in [0, 0.05) is 18.3 Å². The van der Waals surface area contributed by atoms with Crippen molar-refractivity contribution >= 4 is 11.6 Å². The van der Waals surface area contributed by atoms with Crippen LogP contribution in [0.4, 0.5) is 13.2 Å². The van der Waals surface area contributed by atoms with Gasteiger partial charge in [-0.15, -0.1) is 0 Å². The van der Waals surface area contributed by atoms with Crippen LogP contribution in [0.2, 0.25) is 0 Å². The van der Waals surface area contributed by atoms with Crippen molar-refractivity contribution in [3.63, 3.8) is 0 Å². The van der Waals surface area contributed by atoms with E-state index >= 15 is 0 Å². The van der Waals surface area contributed by atoms with E-state index in [1.165, 1.54) is 0 Å². The molecule has 0 radical (unpaired) electrons. The molecule has 5 rings (SSSR count). The molecular weight excluding hydrogens is 519 g/mol. The number of hydrogen-bond acceptors (Lipinski definition) is 5. The number of alkyl halides is 3. The second-order valence-electron chi connectivity index (χ2n) is 15.4. The first-order chi connectivity index (χ1) is 18.4. The molecule has 0 aliphatic heterocycles. The lowest BCUT2D eigenvalue weighted by atomic mass is 9.32. The summed E-state index contributed by atoms with van der Waals surface area (Å²) >= 11 is 0. The van der Waals surface area contributed by atoms with Crippen LogP contribution in [-0.4, -0.2) is 35.7 Å². The van der Waals surface area contributed by atoms with Crippen molar-refractivity contribution < 1.29 is 32.6 Å². The predicted octanol–water partition coefficient (Wildman–Crippen LogP) is 6.79. The topological polar surface area (TPSA) is 87.4 Å². The minimum absolute atomic E-state index is 0.0289. The Morgan fingerprint density at radius 3 is 2.33 bits per heavy atom. The molecule has 0 saturated heterocycles. The summed E-state index contributed by atoms with van der Waals surface area (Å²) in [7, 11) is 0. The fraction of sp³-hybridized carbons (Fsp3) is 0.844. The Morgan fingerprint density at radius 2 is 1.70 bits per heavy atom. The van der Waals surface area contributed by atoms with Crippen molar-refractivity contribution in [2.75, 3.05) is 6.61 Å². The SMILES string of the molecule is C[C@@H]1C(=O)C(C#N)=C[C@]2(C)[C@H]3CC(=O)C4C5CC(C)(C)CC[C@]5(COC(O)C(F)(F)F)CC[C@@]4(C)[C@]3(C)CC[C@@H]12. The normalized spacial score (nSPS) is 47.1. The van der Waals surface area contributed by atoms with Crippen molar-refractivity contribution in [3.05, 3.63) is 11.6 Å². The molecule has 5 aliphatic rings. The molecule has 0 spiro atoms. The molecule has 0 bridgehead atoms. The van der Waals surface area contributed by atoms with Gasteiger partial charge in [0.05, 0.1) is 12.2 Å². The van der Waals surface area contributed by atoms with Gasteiger partial charge in [0.15, 0.2) is 5.78 Å². The number of halogens is 3. The smallest absolute Gasteiger partial charge is 0.361 e. The molecule has 10 atom stereocenters. The minimum atomic E-state index is -4.85. The van der Waals surface area contributed by atoms with Gasteiger partial charge in [-0.3, -0.25) is 9.59 Å². The molecule has 3 unspecified atom stereocenters. The molecule has 4 saturated carbocycles. The maximum Gasteiger partial charge on any atom is 0.439 e. The number of aliphatic hydroxyl groups is 1. The Bertz CT molecular complexity index is 1170. The number of aliphatic hydroxyl groups excluding tert-OH is 1. The summed E-state index contributed by atoms with van der Waals surface area (Å²) in [6.07, 6.45) is -0.172. The summed E-state index contributed by atoms with van der Waals surface area (Å²) in [5.74, 6) is -0.626. The largest absolute Gasteiger partial charge is 0.439 e. The number of Topliss-reactive ketones (excluding diaryl/α,β-unsaturated/α-hetero) is 2. The molecule has 0 aromatic carbocycles. The van der Waals surface area contributed by atoms with Gasteiger partial charge in [0.2, 0.25) is 0 Å². The number of ketones is 2. The molecule has 0 aromatic rings. The van der Waals surface area contributed by atoms with Gasteiger partial charge in [-0.05, 0) is 89.8 Å². The minimum Gasteiger partial charge on any atom is -0.361 e. The number of carbonyl (C=O) groups excluding carboxylic acids is 2. The van der Waals surface area contributed by atoms with Gasteiger partial charge in [0.1, 0.15) is 11.9 Å². The zero-order valence-electron chi connectivity index (χ0n) is 24.7. The van der Waals surface area contributed by atoms with E-state index in [2.05, 4.69) is 40.7 Å². The van der Waals surface area contributed by atoms with Gasteiger partial charge in [-0.2, -0.15) is 18.4 Å². The second kappa shape index (κ2) is 9.14. The standard InChI is InChI=1S/C32H44F3NO4/c1-18-20-7-8-29(5)23(28(20,4)14-19(16-36)25(18)38)13-22(37)24-21-15-27(2,3)9-11-31(21,12-10-30(24,29)6)17-40-26(39)32(33,34)35/h14,18,20-21,23-24,26,39H,7-13,15,17H2,1-6H3/t18-,20-,21?,23+,24?,26?,28-,29+,30+,31+/m0/s1. The Balaban J connectivity index is 1.56. The van der Waals surface area contributed by atoms with Crippen molar-refractivity contribution in [3.8, 4) is 6.07 Å². The van der Waals surface area contributed by atoms with Gasteiger partial charge >= 0.3 is 6.18 Å². The number of ether oxygens (including phenoxy) is 1. The average molecular weight is 564 g/mol. The molecule has 222 valence electrons. The molecule has 0 aromatic heterocycles. The first kappa shape index (κ1) is 29.8. The van der Waals surface area contributed by atoms with Crippen LogP contribution in [0.5, 0.6) is 0 Å². The Kier molecular flexibility index (Phi) is 6.80. The molecular formula is C32H44F3NO4. The zero-order valence-corrected chi connectivity index (χ0v) is 24.7. The van der Waals surface area contributed by atoms with Crippen LogP contribution in [0.15, 0.2) is 11.6 Å². The first-order valence-corrected chi connectivity index (χ1v) is 14.9. The Labute approximate surface area is 235 Å². The number of nitriles is 1. The summed E-state index contributed by atoms with van der Waals surface area (Å²) in [4.78, 5) is 27.3. The molecule has 8 heteroatoms. The van der Waals surface area contributed by atoms with E-state index in [1.807, 2.05) is 13.0 Å². The number of hydrogen-bond donors (Lipinski definition) is 1. The third-order valence-corrected chi connectivity index (χ3v) is 13.1. The van der Waals surface area contributed by atoms with E-state index in [-0.39, 0.29) is 69.6 Å². The van der Waals surface area contributed by atoms with Crippen molar-refractivity contribution in [1.82, 2.24) is 0 Å². The summed E-state index contributed by atoms with van der Waals surface area (Å²) in [6.45, 7) is 12.7. The number of fused-ring (bicyclic) bond motifs is 7. The highest BCUT2D eigenvalue weighted by molar-refractivity contribution is 6.01. The summed E-state index contributed by atoms with van der Waals surface area (Å²) in [6, 6.07) is 2.12. The van der Waals surface area contributed by atoms with Crippen LogP contribution in [0.3, 0.4) is 0 Å². The third-order valence-electron chi connectivity index (χ3n) is 13.1. The van der Waals surface area contributed by atoms with Crippen LogP contribution < -0.4 is 0 Å². The maximum atomic E-state index is 14.4. The van der Waals surface area contributed by atoms with Gasteiger partial charge in [-0.1, -0.05) is 47.6 Å². The lowest BCUT2D eigenvalue weighted by Gasteiger charge is -2.71. The Hall–Kier alpha value is -1.72. The van der Waals surface area contributed by atoms with Crippen LogP contribution in [0.25, 0.3) is 0 Å². The average Bonchev–Trinajstić information content (AvgIpc) is 2.86. The number of rotatable bonds is 3. The number of allylic oxidation sites excluding steroid dienone is 2. The van der Waals surface area contributed by atoms with E-state index in [1.54, 1.807) is 0 Å². The van der Waals surface area contributed by atoms with Crippen molar-refractivity contribution in [2.24, 2.45) is 56.7 Å². The van der Waals surface area contributed by atoms with Crippen LogP contribution in [0.1, 0.15) is 92.9 Å². The molecule has 0 amide bonds. The maximum absolute atomic E-state index is 14.4. The fourth-order valence-corrected chi connectivity index (χ4v) is 10.6. The highest BCUT2D eigenvalue weighted by Gasteiger charge is 2.71. The molecule has 1 N–H and O–H groups in total. The quantitative estimate of drug-likeness (QED) is 0.382. The summed E-state index contributed by atoms with van der Waals surface area (Å²) in [5, 5.41) is 19.5. The second-order valence-corrected chi connectivity index (χ2v) is 15.4. The van der Waals surface area contributed by atoms with E-state index in [9.17, 15) is 33.1 Å². The van der Waals surface area contributed by atoms with E-state index in [0.717, 1.165) is 25.7 Å². The van der Waals surface area contributed by atoms with Crippen molar-refractivity contribution in [2.45, 2.75) is 105 Å². The van der Waals surface area contributed by atoms with Crippen LogP contribution in [0, 0.1) is 68.0 Å². The lowest BCUT2D eigenvalue weighted by molar-refractivity contribution is -0.308. The number of carbonyl (C=O) groups is 2. The molecule has 40 heavy (non-hydrogen) atoms. The van der Waals surface area contributed by atoms with Crippen LogP contribution in [-0.2, 0) is 14.3 Å². The Morgan fingerprint density at radius 1 is 1.05 bits per heavy atom.